The van der Waals surface area contributed by atoms with E-state index in [2.05, 4.69) is 0 Å². The van der Waals surface area contributed by atoms with Crippen LogP contribution in [0.4, 0.5) is 5.69 Å². The van der Waals surface area contributed by atoms with Crippen molar-refractivity contribution in [2.75, 3.05) is 32.2 Å². The van der Waals surface area contributed by atoms with E-state index in [-0.39, 0.29) is 12.4 Å². The SMILES string of the molecule is CCOC(=O)C1CN(C)c2ccc(OC)cc2C1=O. The van der Waals surface area contributed by atoms with E-state index in [1.165, 1.54) is 0 Å². The molecule has 1 aliphatic heterocycles. The summed E-state index contributed by atoms with van der Waals surface area (Å²) in [5.74, 6) is -0.826. The van der Waals surface area contributed by atoms with Crippen LogP contribution in [0, 0.1) is 5.92 Å². The summed E-state index contributed by atoms with van der Waals surface area (Å²) in [6.45, 7) is 2.35. The van der Waals surface area contributed by atoms with Gasteiger partial charge in [0.15, 0.2) is 5.78 Å². The molecular formula is C14H17NO4. The van der Waals surface area contributed by atoms with Crippen LogP contribution in [0.1, 0.15) is 17.3 Å². The fraction of sp³-hybridized carbons (Fsp3) is 0.429. The standard InChI is InChI=1S/C14H17NO4/c1-4-19-14(17)11-8-15(2)12-6-5-9(18-3)7-10(12)13(11)16/h5-7,11H,4,8H2,1-3H3. The van der Waals surface area contributed by atoms with Gasteiger partial charge in [-0.05, 0) is 25.1 Å². The zero-order chi connectivity index (χ0) is 14.0. The van der Waals surface area contributed by atoms with E-state index < -0.39 is 11.9 Å². The van der Waals surface area contributed by atoms with Crippen molar-refractivity contribution in [1.82, 2.24) is 0 Å². The van der Waals surface area contributed by atoms with Gasteiger partial charge < -0.3 is 14.4 Å². The molecule has 1 aromatic rings. The number of fused-ring (bicyclic) bond motifs is 1. The van der Waals surface area contributed by atoms with E-state index in [1.54, 1.807) is 26.2 Å². The molecule has 5 nitrogen and oxygen atoms in total. The summed E-state index contributed by atoms with van der Waals surface area (Å²) in [6, 6.07) is 5.29. The highest BCUT2D eigenvalue weighted by atomic mass is 16.5. The van der Waals surface area contributed by atoms with Crippen LogP contribution in [0.3, 0.4) is 0 Å². The van der Waals surface area contributed by atoms with Crippen molar-refractivity contribution in [2.45, 2.75) is 6.92 Å². The Bertz CT molecular complexity index is 512. The van der Waals surface area contributed by atoms with Gasteiger partial charge in [-0.1, -0.05) is 0 Å². The van der Waals surface area contributed by atoms with E-state index in [0.29, 0.717) is 17.9 Å². The predicted molar refractivity (Wildman–Crippen MR) is 70.7 cm³/mol. The fourth-order valence-corrected chi connectivity index (χ4v) is 2.24. The molecule has 1 heterocycles. The molecule has 0 aliphatic carbocycles. The van der Waals surface area contributed by atoms with Crippen molar-refractivity contribution in [3.05, 3.63) is 23.8 Å². The highest BCUT2D eigenvalue weighted by Gasteiger charge is 2.36. The van der Waals surface area contributed by atoms with Crippen LogP contribution in [0.2, 0.25) is 0 Å². The van der Waals surface area contributed by atoms with Crippen molar-refractivity contribution in [2.24, 2.45) is 5.92 Å². The van der Waals surface area contributed by atoms with Gasteiger partial charge in [0, 0.05) is 24.8 Å². The number of nitrogens with zero attached hydrogens (tertiary/aromatic N) is 1. The van der Waals surface area contributed by atoms with Crippen LogP contribution < -0.4 is 9.64 Å². The van der Waals surface area contributed by atoms with Crippen LogP contribution in [0.25, 0.3) is 0 Å². The summed E-state index contributed by atoms with van der Waals surface area (Å²) in [5, 5.41) is 0. The number of rotatable bonds is 3. The topological polar surface area (TPSA) is 55.8 Å². The highest BCUT2D eigenvalue weighted by molar-refractivity contribution is 6.13. The maximum Gasteiger partial charge on any atom is 0.318 e. The first kappa shape index (κ1) is 13.4. The number of ketones is 1. The molecule has 0 saturated carbocycles. The molecule has 0 saturated heterocycles. The molecule has 102 valence electrons. The van der Waals surface area contributed by atoms with Gasteiger partial charge in [-0.2, -0.15) is 0 Å². The number of methoxy groups -OCH3 is 1. The zero-order valence-corrected chi connectivity index (χ0v) is 11.3. The number of carbonyl (C=O) groups is 2. The first-order valence-electron chi connectivity index (χ1n) is 6.18. The van der Waals surface area contributed by atoms with E-state index in [0.717, 1.165) is 5.69 Å². The van der Waals surface area contributed by atoms with E-state index >= 15 is 0 Å². The summed E-state index contributed by atoms with van der Waals surface area (Å²) in [6.07, 6.45) is 0. The summed E-state index contributed by atoms with van der Waals surface area (Å²) < 4.78 is 10.1. The number of hydrogen-bond acceptors (Lipinski definition) is 5. The summed E-state index contributed by atoms with van der Waals surface area (Å²) >= 11 is 0. The van der Waals surface area contributed by atoms with Crippen LogP contribution >= 0.6 is 0 Å². The normalized spacial score (nSPS) is 17.9. The molecule has 0 spiro atoms. The third-order valence-corrected chi connectivity index (χ3v) is 3.22. The van der Waals surface area contributed by atoms with Gasteiger partial charge in [0.2, 0.25) is 0 Å². The molecule has 2 rings (SSSR count). The maximum absolute atomic E-state index is 12.4. The number of Topliss-reactive ketones (excluding diaryl/α,β-unsaturated/α-hetero) is 1. The number of hydrogen-bond donors (Lipinski definition) is 0. The van der Waals surface area contributed by atoms with Gasteiger partial charge >= 0.3 is 5.97 Å². The Kier molecular flexibility index (Phi) is 3.74. The number of benzene rings is 1. The Hall–Kier alpha value is -2.04. The Morgan fingerprint density at radius 2 is 2.21 bits per heavy atom. The first-order chi connectivity index (χ1) is 9.08. The maximum atomic E-state index is 12.4. The molecule has 0 aromatic heterocycles. The van der Waals surface area contributed by atoms with Crippen molar-refractivity contribution in [3.8, 4) is 5.75 Å². The minimum Gasteiger partial charge on any atom is -0.497 e. The van der Waals surface area contributed by atoms with Crippen molar-refractivity contribution >= 4 is 17.4 Å². The lowest BCUT2D eigenvalue weighted by Gasteiger charge is -2.31. The van der Waals surface area contributed by atoms with E-state index in [9.17, 15) is 9.59 Å². The molecule has 1 atom stereocenters. The van der Waals surface area contributed by atoms with Crippen molar-refractivity contribution in [1.29, 1.82) is 0 Å². The Morgan fingerprint density at radius 1 is 1.47 bits per heavy atom. The monoisotopic (exact) mass is 263 g/mol. The predicted octanol–water partition coefficient (Wildman–Crippen LogP) is 1.51. The summed E-state index contributed by atoms with van der Waals surface area (Å²) in [7, 11) is 3.39. The van der Waals surface area contributed by atoms with E-state index in [4.69, 9.17) is 9.47 Å². The van der Waals surface area contributed by atoms with Gasteiger partial charge in [0.1, 0.15) is 11.7 Å². The molecule has 0 N–H and O–H groups in total. The average molecular weight is 263 g/mol. The van der Waals surface area contributed by atoms with Gasteiger partial charge in [0.25, 0.3) is 0 Å². The second-order valence-corrected chi connectivity index (χ2v) is 4.43. The minimum absolute atomic E-state index is 0.203. The third kappa shape index (κ3) is 2.41. The van der Waals surface area contributed by atoms with Crippen LogP contribution in [0.15, 0.2) is 18.2 Å². The quantitative estimate of drug-likeness (QED) is 0.611. The lowest BCUT2D eigenvalue weighted by molar-refractivity contribution is -0.145. The first-order valence-corrected chi connectivity index (χ1v) is 6.18. The molecule has 0 fully saturated rings. The summed E-state index contributed by atoms with van der Waals surface area (Å²) in [5.41, 5.74) is 1.32. The average Bonchev–Trinajstić information content (AvgIpc) is 2.42. The summed E-state index contributed by atoms with van der Waals surface area (Å²) in [4.78, 5) is 26.1. The lowest BCUT2D eigenvalue weighted by atomic mass is 9.91. The second-order valence-electron chi connectivity index (χ2n) is 4.43. The zero-order valence-electron chi connectivity index (χ0n) is 11.3. The molecule has 0 amide bonds. The largest absolute Gasteiger partial charge is 0.497 e. The van der Waals surface area contributed by atoms with Crippen molar-refractivity contribution < 1.29 is 19.1 Å². The fourth-order valence-electron chi connectivity index (χ4n) is 2.24. The molecule has 1 unspecified atom stereocenters. The molecular weight excluding hydrogens is 246 g/mol. The Morgan fingerprint density at radius 3 is 2.84 bits per heavy atom. The number of ether oxygens (including phenoxy) is 2. The molecule has 0 radical (unpaired) electrons. The molecule has 0 bridgehead atoms. The molecule has 19 heavy (non-hydrogen) atoms. The van der Waals surface area contributed by atoms with Crippen LogP contribution in [0.5, 0.6) is 5.75 Å². The number of esters is 1. The Balaban J connectivity index is 2.37. The smallest absolute Gasteiger partial charge is 0.318 e. The van der Waals surface area contributed by atoms with Gasteiger partial charge in [0.05, 0.1) is 13.7 Å². The lowest BCUT2D eigenvalue weighted by Crippen LogP contribution is -2.41. The Labute approximate surface area is 112 Å². The number of anilines is 1. The molecule has 5 heteroatoms. The van der Waals surface area contributed by atoms with Crippen molar-refractivity contribution in [3.63, 3.8) is 0 Å². The van der Waals surface area contributed by atoms with Gasteiger partial charge in [-0.3, -0.25) is 9.59 Å². The van der Waals surface area contributed by atoms with Crippen LogP contribution in [-0.4, -0.2) is 39.1 Å². The second kappa shape index (κ2) is 5.30. The highest BCUT2D eigenvalue weighted by Crippen LogP contribution is 2.32. The van der Waals surface area contributed by atoms with Gasteiger partial charge in [-0.25, -0.2) is 0 Å². The van der Waals surface area contributed by atoms with E-state index in [1.807, 2.05) is 18.0 Å². The third-order valence-electron chi connectivity index (χ3n) is 3.22. The molecule has 1 aromatic carbocycles. The number of carbonyl (C=O) groups excluding carboxylic acids is 2. The molecule has 1 aliphatic rings. The van der Waals surface area contributed by atoms with Gasteiger partial charge in [-0.15, -0.1) is 0 Å². The minimum atomic E-state index is -0.760. The van der Waals surface area contributed by atoms with Crippen LogP contribution in [-0.2, 0) is 9.53 Å².